The SMILES string of the molecule is Cc1cccc(COc2ccc(/C(O)=C3\C(=O)C(=O)N(c4nnc(SCc5ccccc5Cl)s4)C3c3ccc(N(C)C)cc3)cc2)c1. The zero-order valence-corrected chi connectivity index (χ0v) is 28.3. The number of aliphatic hydroxyl groups excluding tert-OH is 1. The smallest absolute Gasteiger partial charge is 0.301 e. The number of aliphatic hydroxyl groups is 1. The maximum absolute atomic E-state index is 13.7. The lowest BCUT2D eigenvalue weighted by Crippen LogP contribution is -2.29. The highest BCUT2D eigenvalue weighted by Crippen LogP contribution is 2.44. The number of benzene rings is 4. The Morgan fingerprint density at radius 1 is 0.979 bits per heavy atom. The molecule has 6 rings (SSSR count). The van der Waals surface area contributed by atoms with Crippen LogP contribution in [-0.4, -0.2) is 41.1 Å². The van der Waals surface area contributed by atoms with E-state index in [2.05, 4.69) is 16.3 Å². The Balaban J connectivity index is 1.31. The fourth-order valence-corrected chi connectivity index (χ4v) is 7.40. The lowest BCUT2D eigenvalue weighted by molar-refractivity contribution is -0.132. The summed E-state index contributed by atoms with van der Waals surface area (Å²) in [5, 5.41) is 21.1. The first-order valence-electron chi connectivity index (χ1n) is 14.8. The molecule has 0 aliphatic carbocycles. The predicted octanol–water partition coefficient (Wildman–Crippen LogP) is 8.06. The maximum Gasteiger partial charge on any atom is 0.301 e. The molecule has 238 valence electrons. The fraction of sp³-hybridized carbons (Fsp3) is 0.167. The van der Waals surface area contributed by atoms with Gasteiger partial charge in [-0.1, -0.05) is 94.9 Å². The molecule has 1 fully saturated rings. The van der Waals surface area contributed by atoms with Crippen LogP contribution in [0.4, 0.5) is 10.8 Å². The summed E-state index contributed by atoms with van der Waals surface area (Å²) in [7, 11) is 3.86. The van der Waals surface area contributed by atoms with Crippen molar-refractivity contribution in [2.24, 2.45) is 0 Å². The number of carbonyl (C=O) groups is 2. The monoisotopic (exact) mass is 682 g/mol. The molecule has 1 saturated heterocycles. The van der Waals surface area contributed by atoms with Gasteiger partial charge in [0.15, 0.2) is 4.34 Å². The van der Waals surface area contributed by atoms with E-state index in [0.29, 0.717) is 38.6 Å². The molecule has 4 aromatic carbocycles. The predicted molar refractivity (Wildman–Crippen MR) is 188 cm³/mol. The first-order chi connectivity index (χ1) is 22.7. The number of nitrogens with zero attached hydrogens (tertiary/aromatic N) is 4. The van der Waals surface area contributed by atoms with Crippen molar-refractivity contribution in [3.05, 3.63) is 135 Å². The van der Waals surface area contributed by atoms with Gasteiger partial charge in [-0.3, -0.25) is 14.5 Å². The van der Waals surface area contributed by atoms with Gasteiger partial charge in [-0.15, -0.1) is 10.2 Å². The molecule has 1 N–H and O–H groups in total. The first kappa shape index (κ1) is 32.3. The molecule has 8 nitrogen and oxygen atoms in total. The van der Waals surface area contributed by atoms with Crippen LogP contribution in [0.5, 0.6) is 5.75 Å². The minimum absolute atomic E-state index is 0.0264. The number of carbonyl (C=O) groups excluding carboxylic acids is 2. The summed E-state index contributed by atoms with van der Waals surface area (Å²) in [5.74, 6) is -0.701. The summed E-state index contributed by atoms with van der Waals surface area (Å²) in [6, 6.07) is 29.0. The molecule has 47 heavy (non-hydrogen) atoms. The minimum atomic E-state index is -0.919. The number of thioether (sulfide) groups is 1. The molecule has 0 radical (unpaired) electrons. The number of ketones is 1. The average Bonchev–Trinajstić information content (AvgIpc) is 3.65. The topological polar surface area (TPSA) is 95.9 Å². The number of halogens is 1. The van der Waals surface area contributed by atoms with E-state index in [0.717, 1.165) is 22.4 Å². The van der Waals surface area contributed by atoms with Crippen molar-refractivity contribution in [2.75, 3.05) is 23.9 Å². The number of hydrogen-bond acceptors (Lipinski definition) is 9. The number of anilines is 2. The third kappa shape index (κ3) is 7.05. The quantitative estimate of drug-likeness (QED) is 0.0520. The molecule has 1 unspecified atom stereocenters. The van der Waals surface area contributed by atoms with E-state index in [-0.39, 0.29) is 16.5 Å². The van der Waals surface area contributed by atoms with Gasteiger partial charge in [-0.25, -0.2) is 0 Å². The van der Waals surface area contributed by atoms with Crippen LogP contribution >= 0.6 is 34.7 Å². The molecule has 1 aromatic heterocycles. The molecular weight excluding hydrogens is 652 g/mol. The molecule has 1 amide bonds. The Hall–Kier alpha value is -4.64. The van der Waals surface area contributed by atoms with E-state index in [9.17, 15) is 14.7 Å². The Morgan fingerprint density at radius 2 is 1.72 bits per heavy atom. The normalized spacial score (nSPS) is 15.7. The van der Waals surface area contributed by atoms with Gasteiger partial charge in [-0.05, 0) is 66.1 Å². The molecule has 5 aromatic rings. The second-order valence-electron chi connectivity index (χ2n) is 11.2. The first-order valence-corrected chi connectivity index (χ1v) is 16.9. The second-order valence-corrected chi connectivity index (χ2v) is 13.8. The van der Waals surface area contributed by atoms with Gasteiger partial charge in [0.1, 0.15) is 18.1 Å². The van der Waals surface area contributed by atoms with Crippen molar-refractivity contribution >= 4 is 63.0 Å². The average molecular weight is 683 g/mol. The molecule has 2 heterocycles. The van der Waals surface area contributed by atoms with Crippen molar-refractivity contribution in [1.29, 1.82) is 0 Å². The van der Waals surface area contributed by atoms with Gasteiger partial charge in [0.2, 0.25) is 5.13 Å². The Kier molecular flexibility index (Phi) is 9.63. The molecule has 1 aliphatic rings. The second kappa shape index (κ2) is 14.0. The van der Waals surface area contributed by atoms with Gasteiger partial charge >= 0.3 is 5.91 Å². The van der Waals surface area contributed by atoms with Crippen molar-refractivity contribution in [2.45, 2.75) is 29.7 Å². The van der Waals surface area contributed by atoms with Crippen LogP contribution in [0.3, 0.4) is 0 Å². The van der Waals surface area contributed by atoms with Crippen molar-refractivity contribution in [3.8, 4) is 5.75 Å². The third-order valence-electron chi connectivity index (χ3n) is 7.70. The largest absolute Gasteiger partial charge is 0.507 e. The van der Waals surface area contributed by atoms with Gasteiger partial charge in [0.05, 0.1) is 11.6 Å². The van der Waals surface area contributed by atoms with Gasteiger partial charge in [0, 0.05) is 36.1 Å². The Morgan fingerprint density at radius 3 is 2.43 bits per heavy atom. The van der Waals surface area contributed by atoms with Crippen LogP contribution in [0, 0.1) is 6.92 Å². The number of aryl methyl sites for hydroxylation is 1. The molecule has 11 heteroatoms. The van der Waals surface area contributed by atoms with E-state index < -0.39 is 17.7 Å². The lowest BCUT2D eigenvalue weighted by Gasteiger charge is -2.23. The number of ether oxygens (including phenoxy) is 1. The van der Waals surface area contributed by atoms with E-state index in [1.165, 1.54) is 28.0 Å². The van der Waals surface area contributed by atoms with Crippen LogP contribution in [-0.2, 0) is 21.9 Å². The zero-order valence-electron chi connectivity index (χ0n) is 25.9. The highest BCUT2D eigenvalue weighted by atomic mass is 35.5. The molecule has 1 atom stereocenters. The van der Waals surface area contributed by atoms with Crippen molar-refractivity contribution in [3.63, 3.8) is 0 Å². The molecular formula is C36H31ClN4O4S2. The highest BCUT2D eigenvalue weighted by molar-refractivity contribution is 8.00. The van der Waals surface area contributed by atoms with Gasteiger partial charge < -0.3 is 14.7 Å². The summed E-state index contributed by atoms with van der Waals surface area (Å²) in [6.45, 7) is 2.42. The molecule has 0 saturated carbocycles. The Labute approximate surface area is 286 Å². The van der Waals surface area contributed by atoms with Crippen LogP contribution in [0.2, 0.25) is 5.02 Å². The summed E-state index contributed by atoms with van der Waals surface area (Å²) in [6.07, 6.45) is 0. The van der Waals surface area contributed by atoms with Crippen LogP contribution in [0.25, 0.3) is 5.76 Å². The van der Waals surface area contributed by atoms with E-state index in [1.54, 1.807) is 24.3 Å². The highest BCUT2D eigenvalue weighted by Gasteiger charge is 2.48. The van der Waals surface area contributed by atoms with Crippen LogP contribution in [0.1, 0.15) is 33.9 Å². The summed E-state index contributed by atoms with van der Waals surface area (Å²) in [5.41, 5.74) is 5.09. The number of hydrogen-bond donors (Lipinski definition) is 1. The van der Waals surface area contributed by atoms with Crippen molar-refractivity contribution < 1.29 is 19.4 Å². The van der Waals surface area contributed by atoms with E-state index >= 15 is 0 Å². The summed E-state index contributed by atoms with van der Waals surface area (Å²) < 4.78 is 6.56. The standard InChI is InChI=1S/C36H31ClN4O4S2/c1-22-7-6-8-23(19-22)20-45-28-17-13-25(14-18-28)32(42)30-31(24-11-15-27(16-12-24)40(2)3)41(34(44)33(30)43)35-38-39-36(47-35)46-21-26-9-4-5-10-29(26)37/h4-19,31,42H,20-21H2,1-3H3/b32-30+. The van der Waals surface area contributed by atoms with Crippen LogP contribution < -0.4 is 14.5 Å². The van der Waals surface area contributed by atoms with Crippen molar-refractivity contribution in [1.82, 2.24) is 10.2 Å². The van der Waals surface area contributed by atoms with Crippen LogP contribution in [0.15, 0.2) is 107 Å². The summed E-state index contributed by atoms with van der Waals surface area (Å²) in [4.78, 5) is 30.6. The molecule has 0 spiro atoms. The lowest BCUT2D eigenvalue weighted by atomic mass is 9.95. The number of aromatic nitrogens is 2. The zero-order chi connectivity index (χ0) is 33.1. The Bertz CT molecular complexity index is 1960. The molecule has 1 aliphatic heterocycles. The van der Waals surface area contributed by atoms with E-state index in [1.807, 2.05) is 92.6 Å². The van der Waals surface area contributed by atoms with Gasteiger partial charge in [-0.2, -0.15) is 0 Å². The maximum atomic E-state index is 13.7. The number of rotatable bonds is 10. The molecule has 0 bridgehead atoms. The minimum Gasteiger partial charge on any atom is -0.507 e. The third-order valence-corrected chi connectivity index (χ3v) is 10.2. The number of Topliss-reactive ketones (excluding diaryl/α,β-unsaturated/α-hetero) is 1. The number of amides is 1. The fourth-order valence-electron chi connectivity index (χ4n) is 5.25. The van der Waals surface area contributed by atoms with E-state index in [4.69, 9.17) is 16.3 Å². The summed E-state index contributed by atoms with van der Waals surface area (Å²) >= 11 is 8.97. The van der Waals surface area contributed by atoms with Gasteiger partial charge in [0.25, 0.3) is 5.78 Å².